The molecule has 1 fully saturated rings. The van der Waals surface area contributed by atoms with E-state index >= 15 is 0 Å². The van der Waals surface area contributed by atoms with Gasteiger partial charge < -0.3 is 14.8 Å². The molecule has 8 nitrogen and oxygen atoms in total. The maximum atomic E-state index is 4.58. The predicted molar refractivity (Wildman–Crippen MR) is 122 cm³/mol. The molecule has 5 heterocycles. The fraction of sp³-hybridized carbons (Fsp3) is 0.217. The van der Waals surface area contributed by atoms with Gasteiger partial charge in [-0.15, -0.1) is 0 Å². The van der Waals surface area contributed by atoms with Crippen LogP contribution in [0.15, 0.2) is 55.2 Å². The third-order valence-electron chi connectivity index (χ3n) is 6.05. The van der Waals surface area contributed by atoms with E-state index in [2.05, 4.69) is 77.3 Å². The lowest BCUT2D eigenvalue weighted by Gasteiger charge is -2.34. The summed E-state index contributed by atoms with van der Waals surface area (Å²) >= 11 is 0. The highest BCUT2D eigenvalue weighted by Gasteiger charge is 2.19. The molecule has 0 aliphatic carbocycles. The van der Waals surface area contributed by atoms with Crippen LogP contribution in [-0.2, 0) is 0 Å². The molecule has 8 heteroatoms. The average Bonchev–Trinajstić information content (AvgIpc) is 3.43. The van der Waals surface area contributed by atoms with Crippen LogP contribution in [0, 0.1) is 0 Å². The Kier molecular flexibility index (Phi) is 4.17. The van der Waals surface area contributed by atoms with Crippen LogP contribution in [0.25, 0.3) is 44.5 Å². The minimum absolute atomic E-state index is 0.758. The molecule has 1 aliphatic rings. The first-order valence-corrected chi connectivity index (χ1v) is 10.4. The van der Waals surface area contributed by atoms with Crippen LogP contribution in [0.5, 0.6) is 0 Å². The number of H-pyrrole nitrogens is 2. The zero-order valence-corrected chi connectivity index (χ0v) is 17.2. The van der Waals surface area contributed by atoms with Crippen molar-refractivity contribution in [1.82, 2.24) is 35.0 Å². The lowest BCUT2D eigenvalue weighted by atomic mass is 10.1. The summed E-state index contributed by atoms with van der Waals surface area (Å²) in [6, 6.07) is 10.7. The predicted octanol–water partition coefficient (Wildman–Crippen LogP) is 3.32. The van der Waals surface area contributed by atoms with E-state index in [9.17, 15) is 0 Å². The van der Waals surface area contributed by atoms with Crippen LogP contribution in [0.2, 0.25) is 0 Å². The second-order valence-electron chi connectivity index (χ2n) is 8.03. The monoisotopic (exact) mass is 410 g/mol. The van der Waals surface area contributed by atoms with Gasteiger partial charge >= 0.3 is 0 Å². The van der Waals surface area contributed by atoms with Gasteiger partial charge in [0.15, 0.2) is 5.65 Å². The average molecular weight is 410 g/mol. The van der Waals surface area contributed by atoms with Crippen LogP contribution in [0.4, 0.5) is 5.69 Å². The van der Waals surface area contributed by atoms with Crippen molar-refractivity contribution in [3.8, 4) is 22.5 Å². The Morgan fingerprint density at radius 3 is 2.58 bits per heavy atom. The number of pyridine rings is 1. The quantitative estimate of drug-likeness (QED) is 0.474. The fourth-order valence-corrected chi connectivity index (χ4v) is 4.30. The van der Waals surface area contributed by atoms with Gasteiger partial charge in [0.25, 0.3) is 0 Å². The summed E-state index contributed by atoms with van der Waals surface area (Å²) in [5, 5.41) is 9.83. The Hall–Kier alpha value is -3.78. The fourth-order valence-electron chi connectivity index (χ4n) is 4.30. The Balaban J connectivity index is 1.44. The number of anilines is 1. The molecule has 6 rings (SSSR count). The molecule has 0 amide bonds. The van der Waals surface area contributed by atoms with Crippen molar-refractivity contribution in [3.63, 3.8) is 0 Å². The molecule has 1 aliphatic heterocycles. The molecule has 0 atom stereocenters. The number of aromatic nitrogens is 6. The van der Waals surface area contributed by atoms with Crippen LogP contribution >= 0.6 is 0 Å². The number of hydrogen-bond acceptors (Lipinski definition) is 6. The van der Waals surface area contributed by atoms with Gasteiger partial charge in [0.2, 0.25) is 0 Å². The Morgan fingerprint density at radius 1 is 0.903 bits per heavy atom. The SMILES string of the molecule is CN1CCN(c2cccc3[nH]c(-c4n[nH]c5ncc(-c6cncnc6)cc45)cc23)CC1. The van der Waals surface area contributed by atoms with Gasteiger partial charge in [-0.2, -0.15) is 5.10 Å². The molecule has 0 unspecified atom stereocenters. The number of aromatic amines is 2. The van der Waals surface area contributed by atoms with E-state index in [1.54, 1.807) is 12.4 Å². The van der Waals surface area contributed by atoms with E-state index < -0.39 is 0 Å². The summed E-state index contributed by atoms with van der Waals surface area (Å²) in [4.78, 5) is 21.2. The molecule has 0 bridgehead atoms. The molecule has 31 heavy (non-hydrogen) atoms. The summed E-state index contributed by atoms with van der Waals surface area (Å²) < 4.78 is 0. The highest BCUT2D eigenvalue weighted by molar-refractivity contribution is 6.00. The van der Waals surface area contributed by atoms with Crippen molar-refractivity contribution >= 4 is 27.6 Å². The normalized spacial score (nSPS) is 15.2. The zero-order chi connectivity index (χ0) is 20.8. The van der Waals surface area contributed by atoms with Gasteiger partial charge in [0, 0.05) is 77.9 Å². The third kappa shape index (κ3) is 3.12. The van der Waals surface area contributed by atoms with Gasteiger partial charge in [-0.25, -0.2) is 15.0 Å². The molecule has 0 saturated carbocycles. The number of rotatable bonds is 3. The molecule has 4 aromatic heterocycles. The maximum absolute atomic E-state index is 4.58. The van der Waals surface area contributed by atoms with Gasteiger partial charge in [-0.3, -0.25) is 5.10 Å². The van der Waals surface area contributed by atoms with Crippen LogP contribution in [0.3, 0.4) is 0 Å². The Labute approximate surface area is 179 Å². The Morgan fingerprint density at radius 2 is 1.74 bits per heavy atom. The largest absolute Gasteiger partial charge is 0.368 e. The molecule has 5 aromatic rings. The summed E-state index contributed by atoms with van der Waals surface area (Å²) in [7, 11) is 2.18. The minimum Gasteiger partial charge on any atom is -0.368 e. The van der Waals surface area contributed by atoms with Crippen molar-refractivity contribution in [2.75, 3.05) is 38.1 Å². The third-order valence-corrected chi connectivity index (χ3v) is 6.05. The number of fused-ring (bicyclic) bond motifs is 2. The second kappa shape index (κ2) is 7.17. The summed E-state index contributed by atoms with van der Waals surface area (Å²) in [5.74, 6) is 0. The lowest BCUT2D eigenvalue weighted by Crippen LogP contribution is -2.44. The van der Waals surface area contributed by atoms with Gasteiger partial charge in [0.05, 0.1) is 5.69 Å². The molecule has 0 spiro atoms. The summed E-state index contributed by atoms with van der Waals surface area (Å²) in [6.45, 7) is 4.23. The van der Waals surface area contributed by atoms with Crippen molar-refractivity contribution in [1.29, 1.82) is 0 Å². The molecule has 1 saturated heterocycles. The van der Waals surface area contributed by atoms with E-state index in [1.807, 2.05) is 6.20 Å². The first-order chi connectivity index (χ1) is 15.3. The number of hydrogen-bond donors (Lipinski definition) is 2. The van der Waals surface area contributed by atoms with E-state index in [1.165, 1.54) is 17.4 Å². The highest BCUT2D eigenvalue weighted by Crippen LogP contribution is 2.34. The van der Waals surface area contributed by atoms with E-state index in [0.29, 0.717) is 0 Å². The molecular weight excluding hydrogens is 388 g/mol. The molecule has 0 radical (unpaired) electrons. The van der Waals surface area contributed by atoms with Gasteiger partial charge in [-0.1, -0.05) is 6.07 Å². The lowest BCUT2D eigenvalue weighted by molar-refractivity contribution is 0.313. The van der Waals surface area contributed by atoms with E-state index in [-0.39, 0.29) is 0 Å². The standard InChI is InChI=1S/C23H22N8/c1-30-5-7-31(8-6-30)21-4-2-3-19-17(21)10-20(27-19)22-18-9-15(13-26-23(18)29-28-22)16-11-24-14-25-12-16/h2-4,9-14,27H,5-8H2,1H3,(H,26,28,29). The number of likely N-dealkylation sites (N-methyl/N-ethyl adjacent to an activating group) is 1. The van der Waals surface area contributed by atoms with Gasteiger partial charge in [0.1, 0.15) is 12.0 Å². The van der Waals surface area contributed by atoms with Crippen LogP contribution in [0.1, 0.15) is 0 Å². The maximum Gasteiger partial charge on any atom is 0.155 e. The first kappa shape index (κ1) is 18.0. The van der Waals surface area contributed by atoms with Gasteiger partial charge in [-0.05, 0) is 31.3 Å². The van der Waals surface area contributed by atoms with Crippen molar-refractivity contribution in [3.05, 3.63) is 55.2 Å². The number of nitrogens with zero attached hydrogens (tertiary/aromatic N) is 6. The molecule has 2 N–H and O–H groups in total. The van der Waals surface area contributed by atoms with Crippen LogP contribution in [-0.4, -0.2) is 68.3 Å². The summed E-state index contributed by atoms with van der Waals surface area (Å²) in [6.07, 6.45) is 6.93. The molecule has 1 aromatic carbocycles. The molecular formula is C23H22N8. The Bertz CT molecular complexity index is 1360. The van der Waals surface area contributed by atoms with Crippen LogP contribution < -0.4 is 4.90 Å². The van der Waals surface area contributed by atoms with Crippen molar-refractivity contribution < 1.29 is 0 Å². The smallest absolute Gasteiger partial charge is 0.155 e. The first-order valence-electron chi connectivity index (χ1n) is 10.4. The topological polar surface area (TPSA) is 89.6 Å². The summed E-state index contributed by atoms with van der Waals surface area (Å²) in [5.41, 5.74) is 6.88. The van der Waals surface area contributed by atoms with E-state index in [0.717, 1.165) is 65.2 Å². The van der Waals surface area contributed by atoms with E-state index in [4.69, 9.17) is 0 Å². The zero-order valence-electron chi connectivity index (χ0n) is 17.2. The van der Waals surface area contributed by atoms with Crippen molar-refractivity contribution in [2.45, 2.75) is 0 Å². The number of benzene rings is 1. The number of nitrogens with one attached hydrogen (secondary N) is 2. The number of piperazine rings is 1. The minimum atomic E-state index is 0.758. The molecule has 154 valence electrons. The van der Waals surface area contributed by atoms with Crippen molar-refractivity contribution in [2.24, 2.45) is 0 Å². The second-order valence-corrected chi connectivity index (χ2v) is 8.03. The highest BCUT2D eigenvalue weighted by atomic mass is 15.2.